The summed E-state index contributed by atoms with van der Waals surface area (Å²) in [5.74, 6) is 0.0542. The summed E-state index contributed by atoms with van der Waals surface area (Å²) in [7, 11) is 0. The Hall–Kier alpha value is -1.95. The van der Waals surface area contributed by atoms with Crippen molar-refractivity contribution in [2.24, 2.45) is 0 Å². The van der Waals surface area contributed by atoms with Gasteiger partial charge in [0.25, 0.3) is 0 Å². The van der Waals surface area contributed by atoms with Crippen LogP contribution >= 0.6 is 0 Å². The van der Waals surface area contributed by atoms with Crippen LogP contribution in [0.15, 0.2) is 18.2 Å². The lowest BCUT2D eigenvalue weighted by molar-refractivity contribution is 0.0472. The van der Waals surface area contributed by atoms with Crippen molar-refractivity contribution in [2.45, 2.75) is 52.3 Å². The van der Waals surface area contributed by atoms with Gasteiger partial charge in [-0.15, -0.1) is 0 Å². The Morgan fingerprint density at radius 2 is 1.82 bits per heavy atom. The molecule has 1 rings (SSSR count). The van der Waals surface area contributed by atoms with Crippen LogP contribution in [-0.4, -0.2) is 34.0 Å². The van der Waals surface area contributed by atoms with Crippen LogP contribution in [0.25, 0.3) is 0 Å². The smallest absolute Gasteiger partial charge is 0.408 e. The van der Waals surface area contributed by atoms with Crippen molar-refractivity contribution >= 4 is 6.09 Å². The summed E-state index contributed by atoms with van der Waals surface area (Å²) in [4.78, 5) is 11.8. The Bertz CT molecular complexity index is 521. The van der Waals surface area contributed by atoms with Crippen molar-refractivity contribution in [1.29, 1.82) is 0 Å². The molecule has 0 saturated heterocycles. The van der Waals surface area contributed by atoms with Crippen LogP contribution in [0.1, 0.15) is 40.2 Å². The summed E-state index contributed by atoms with van der Waals surface area (Å²) < 4.78 is 5.22. The first-order valence-corrected chi connectivity index (χ1v) is 7.21. The maximum atomic E-state index is 11.8. The van der Waals surface area contributed by atoms with Crippen molar-refractivity contribution in [3.63, 3.8) is 0 Å². The van der Waals surface area contributed by atoms with Gasteiger partial charge >= 0.3 is 6.09 Å². The van der Waals surface area contributed by atoms with Gasteiger partial charge in [-0.3, -0.25) is 0 Å². The van der Waals surface area contributed by atoms with Crippen molar-refractivity contribution in [1.82, 2.24) is 10.6 Å². The largest absolute Gasteiger partial charge is 0.508 e. The fourth-order valence-electron chi connectivity index (χ4n) is 1.84. The summed E-state index contributed by atoms with van der Waals surface area (Å²) in [5, 5.41) is 24.9. The van der Waals surface area contributed by atoms with E-state index >= 15 is 0 Å². The quantitative estimate of drug-likeness (QED) is 0.671. The number of amides is 1. The van der Waals surface area contributed by atoms with Crippen LogP contribution in [0.5, 0.6) is 11.5 Å². The molecule has 0 saturated carbocycles. The molecule has 0 heterocycles. The summed E-state index contributed by atoms with van der Waals surface area (Å²) in [6.45, 7) is 10.1. The van der Waals surface area contributed by atoms with Gasteiger partial charge in [-0.05, 0) is 40.7 Å². The fourth-order valence-corrected chi connectivity index (χ4v) is 1.84. The predicted octanol–water partition coefficient (Wildman–Crippen LogP) is 2.49. The molecule has 0 aromatic heterocycles. The fraction of sp³-hybridized carbons (Fsp3) is 0.562. The monoisotopic (exact) mass is 310 g/mol. The third-order valence-electron chi connectivity index (χ3n) is 2.79. The normalized spacial score (nSPS) is 12.0. The average molecular weight is 310 g/mol. The SMILES string of the molecule is CC(C)(CNCc1ccc(O)cc1O)NC(=O)OC(C)(C)C. The van der Waals surface area contributed by atoms with Crippen LogP contribution < -0.4 is 10.6 Å². The van der Waals surface area contributed by atoms with E-state index in [1.807, 2.05) is 34.6 Å². The molecule has 0 unspecified atom stereocenters. The topological polar surface area (TPSA) is 90.8 Å². The molecule has 6 heteroatoms. The predicted molar refractivity (Wildman–Crippen MR) is 84.9 cm³/mol. The van der Waals surface area contributed by atoms with Crippen molar-refractivity contribution < 1.29 is 19.7 Å². The number of nitrogens with one attached hydrogen (secondary N) is 2. The average Bonchev–Trinajstić information content (AvgIpc) is 2.28. The highest BCUT2D eigenvalue weighted by molar-refractivity contribution is 5.68. The number of alkyl carbamates (subject to hydrolysis) is 1. The second-order valence-corrected chi connectivity index (χ2v) is 6.93. The molecule has 1 aromatic carbocycles. The third kappa shape index (κ3) is 6.67. The Morgan fingerprint density at radius 3 is 2.36 bits per heavy atom. The second-order valence-electron chi connectivity index (χ2n) is 6.93. The Balaban J connectivity index is 2.47. The number of hydrogen-bond acceptors (Lipinski definition) is 5. The van der Waals surface area contributed by atoms with Crippen LogP contribution in [0.3, 0.4) is 0 Å². The molecule has 1 aromatic rings. The number of phenolic OH excluding ortho intramolecular Hbond substituents is 2. The van der Waals surface area contributed by atoms with Gasteiger partial charge in [-0.1, -0.05) is 6.07 Å². The lowest BCUT2D eigenvalue weighted by atomic mass is 10.1. The standard InChI is InChI=1S/C16H26N2O4/c1-15(2,3)22-14(21)18-16(4,5)10-17-9-11-6-7-12(19)8-13(11)20/h6-8,17,19-20H,9-10H2,1-5H3,(H,18,21). The minimum absolute atomic E-state index is 0.0215. The molecule has 0 fully saturated rings. The molecule has 4 N–H and O–H groups in total. The van der Waals surface area contributed by atoms with E-state index in [1.165, 1.54) is 12.1 Å². The number of ether oxygens (including phenoxy) is 1. The van der Waals surface area contributed by atoms with Gasteiger partial charge in [0.2, 0.25) is 0 Å². The molecular weight excluding hydrogens is 284 g/mol. The molecular formula is C16H26N2O4. The van der Waals surface area contributed by atoms with Gasteiger partial charge in [0.15, 0.2) is 0 Å². The minimum atomic E-state index is -0.536. The molecule has 0 radical (unpaired) electrons. The van der Waals surface area contributed by atoms with E-state index in [0.717, 1.165) is 0 Å². The van der Waals surface area contributed by atoms with Gasteiger partial charge < -0.3 is 25.6 Å². The van der Waals surface area contributed by atoms with E-state index < -0.39 is 17.2 Å². The molecule has 0 aliphatic carbocycles. The van der Waals surface area contributed by atoms with E-state index in [1.54, 1.807) is 6.07 Å². The van der Waals surface area contributed by atoms with Crippen molar-refractivity contribution in [3.8, 4) is 11.5 Å². The van der Waals surface area contributed by atoms with Gasteiger partial charge in [-0.2, -0.15) is 0 Å². The first-order valence-electron chi connectivity index (χ1n) is 7.21. The van der Waals surface area contributed by atoms with Gasteiger partial charge in [0.1, 0.15) is 17.1 Å². The molecule has 124 valence electrons. The van der Waals surface area contributed by atoms with Gasteiger partial charge in [0.05, 0.1) is 5.54 Å². The maximum absolute atomic E-state index is 11.8. The first-order chi connectivity index (χ1) is 9.98. The number of phenols is 2. The van der Waals surface area contributed by atoms with Gasteiger partial charge in [0, 0.05) is 24.7 Å². The number of aromatic hydroxyl groups is 2. The second kappa shape index (κ2) is 6.87. The summed E-state index contributed by atoms with van der Waals surface area (Å²) >= 11 is 0. The summed E-state index contributed by atoms with van der Waals surface area (Å²) in [6, 6.07) is 4.45. The van der Waals surface area contributed by atoms with E-state index in [-0.39, 0.29) is 11.5 Å². The van der Waals surface area contributed by atoms with Crippen molar-refractivity contribution in [2.75, 3.05) is 6.54 Å². The first kappa shape index (κ1) is 18.1. The number of carbonyl (C=O) groups excluding carboxylic acids is 1. The maximum Gasteiger partial charge on any atom is 0.408 e. The molecule has 0 atom stereocenters. The lowest BCUT2D eigenvalue weighted by Crippen LogP contribution is -2.51. The van der Waals surface area contributed by atoms with E-state index in [9.17, 15) is 15.0 Å². The van der Waals surface area contributed by atoms with E-state index in [4.69, 9.17) is 4.74 Å². The molecule has 0 aliphatic rings. The lowest BCUT2D eigenvalue weighted by Gasteiger charge is -2.29. The molecule has 1 amide bonds. The minimum Gasteiger partial charge on any atom is -0.508 e. The molecule has 0 bridgehead atoms. The number of hydrogen-bond donors (Lipinski definition) is 4. The number of benzene rings is 1. The Labute approximate surface area is 131 Å². The highest BCUT2D eigenvalue weighted by Crippen LogP contribution is 2.22. The van der Waals surface area contributed by atoms with E-state index in [0.29, 0.717) is 18.7 Å². The third-order valence-corrected chi connectivity index (χ3v) is 2.79. The zero-order valence-electron chi connectivity index (χ0n) is 13.9. The molecule has 22 heavy (non-hydrogen) atoms. The molecule has 6 nitrogen and oxygen atoms in total. The van der Waals surface area contributed by atoms with Crippen LogP contribution in [0.2, 0.25) is 0 Å². The Kier molecular flexibility index (Phi) is 5.65. The summed E-state index contributed by atoms with van der Waals surface area (Å²) in [6.07, 6.45) is -0.466. The van der Waals surface area contributed by atoms with Gasteiger partial charge in [-0.25, -0.2) is 4.79 Å². The van der Waals surface area contributed by atoms with Crippen LogP contribution in [0, 0.1) is 0 Å². The number of rotatable bonds is 5. The van der Waals surface area contributed by atoms with Crippen LogP contribution in [0.4, 0.5) is 4.79 Å². The Morgan fingerprint density at radius 1 is 1.18 bits per heavy atom. The molecule has 0 spiro atoms. The number of carbonyl (C=O) groups is 1. The van der Waals surface area contributed by atoms with E-state index in [2.05, 4.69) is 10.6 Å². The van der Waals surface area contributed by atoms with Crippen LogP contribution in [-0.2, 0) is 11.3 Å². The highest BCUT2D eigenvalue weighted by Gasteiger charge is 2.24. The zero-order valence-corrected chi connectivity index (χ0v) is 13.9. The zero-order chi connectivity index (χ0) is 17.0. The highest BCUT2D eigenvalue weighted by atomic mass is 16.6. The molecule has 0 aliphatic heterocycles. The van der Waals surface area contributed by atoms with Crippen molar-refractivity contribution in [3.05, 3.63) is 23.8 Å². The summed E-state index contributed by atoms with van der Waals surface area (Å²) in [5.41, 5.74) is -0.369.